The van der Waals surface area contributed by atoms with Crippen LogP contribution >= 0.6 is 0 Å². The highest BCUT2D eigenvalue weighted by Crippen LogP contribution is 2.28. The van der Waals surface area contributed by atoms with Crippen molar-refractivity contribution in [2.24, 2.45) is 5.92 Å². The van der Waals surface area contributed by atoms with Crippen molar-refractivity contribution in [3.63, 3.8) is 0 Å². The van der Waals surface area contributed by atoms with Gasteiger partial charge in [-0.3, -0.25) is 0 Å². The predicted molar refractivity (Wildman–Crippen MR) is 91.1 cm³/mol. The van der Waals surface area contributed by atoms with E-state index in [1.807, 2.05) is 0 Å². The zero-order chi connectivity index (χ0) is 18.8. The third kappa shape index (κ3) is 4.71. The Balaban J connectivity index is 2.28. The molecule has 8 nitrogen and oxygen atoms in total. The first-order chi connectivity index (χ1) is 11.5. The van der Waals surface area contributed by atoms with Crippen LogP contribution in [0.1, 0.15) is 23.7 Å². The van der Waals surface area contributed by atoms with Crippen molar-refractivity contribution in [2.45, 2.75) is 18.2 Å². The van der Waals surface area contributed by atoms with Gasteiger partial charge in [0.15, 0.2) is 0 Å². The SMILES string of the molecule is CCOc1ccc(S(=O)(=O)N2CCC(CS(C)(=O)=O)C2)cc1C(=O)O. The monoisotopic (exact) mass is 391 g/mol. The molecule has 0 saturated carbocycles. The largest absolute Gasteiger partial charge is 0.493 e. The number of sulfone groups is 1. The van der Waals surface area contributed by atoms with Gasteiger partial charge in [0.1, 0.15) is 21.2 Å². The van der Waals surface area contributed by atoms with Crippen molar-refractivity contribution in [3.05, 3.63) is 23.8 Å². The number of carboxylic acid groups (broad SMARTS) is 1. The minimum atomic E-state index is -3.90. The number of aromatic carboxylic acids is 1. The topological polar surface area (TPSA) is 118 Å². The smallest absolute Gasteiger partial charge is 0.339 e. The zero-order valence-corrected chi connectivity index (χ0v) is 15.6. The molecule has 0 aliphatic carbocycles. The summed E-state index contributed by atoms with van der Waals surface area (Å²) in [5.41, 5.74) is -0.227. The molecule has 0 spiro atoms. The highest BCUT2D eigenvalue weighted by Gasteiger charge is 2.34. The molecule has 0 amide bonds. The molecule has 1 aromatic carbocycles. The van der Waals surface area contributed by atoms with E-state index in [-0.39, 0.29) is 47.6 Å². The molecule has 1 fully saturated rings. The van der Waals surface area contributed by atoms with Gasteiger partial charge in [-0.25, -0.2) is 21.6 Å². The summed E-state index contributed by atoms with van der Waals surface area (Å²) in [4.78, 5) is 11.2. The van der Waals surface area contributed by atoms with E-state index in [2.05, 4.69) is 0 Å². The summed E-state index contributed by atoms with van der Waals surface area (Å²) in [6.07, 6.45) is 1.57. The van der Waals surface area contributed by atoms with Gasteiger partial charge in [0, 0.05) is 19.3 Å². The summed E-state index contributed by atoms with van der Waals surface area (Å²) >= 11 is 0. The van der Waals surface area contributed by atoms with Crippen molar-refractivity contribution in [3.8, 4) is 5.75 Å². The third-order valence-corrected chi connectivity index (χ3v) is 6.84. The van der Waals surface area contributed by atoms with Gasteiger partial charge >= 0.3 is 5.97 Å². The van der Waals surface area contributed by atoms with Crippen LogP contribution in [-0.2, 0) is 19.9 Å². The van der Waals surface area contributed by atoms with Crippen LogP contribution in [0, 0.1) is 5.92 Å². The molecule has 1 unspecified atom stereocenters. The van der Waals surface area contributed by atoms with Crippen molar-refractivity contribution in [1.82, 2.24) is 4.31 Å². The summed E-state index contributed by atoms with van der Waals surface area (Å²) in [5, 5.41) is 9.26. The fourth-order valence-electron chi connectivity index (χ4n) is 2.85. The van der Waals surface area contributed by atoms with Gasteiger partial charge in [0.25, 0.3) is 0 Å². The van der Waals surface area contributed by atoms with E-state index >= 15 is 0 Å². The number of hydrogen-bond donors (Lipinski definition) is 1. The van der Waals surface area contributed by atoms with Crippen LogP contribution in [0.5, 0.6) is 5.75 Å². The summed E-state index contributed by atoms with van der Waals surface area (Å²) < 4.78 is 54.6. The predicted octanol–water partition coefficient (Wildman–Crippen LogP) is 0.839. The second-order valence-corrected chi connectivity index (χ2v) is 10.1. The minimum absolute atomic E-state index is 0.0668. The van der Waals surface area contributed by atoms with E-state index in [4.69, 9.17) is 4.74 Å². The Morgan fingerprint density at radius 2 is 2.00 bits per heavy atom. The fraction of sp³-hybridized carbons (Fsp3) is 0.533. The second-order valence-electron chi connectivity index (χ2n) is 6.01. The van der Waals surface area contributed by atoms with Crippen LogP contribution in [0.4, 0.5) is 0 Å². The maximum Gasteiger partial charge on any atom is 0.339 e. The van der Waals surface area contributed by atoms with E-state index in [1.165, 1.54) is 16.4 Å². The van der Waals surface area contributed by atoms with Crippen LogP contribution in [0.15, 0.2) is 23.1 Å². The molecule has 140 valence electrons. The summed E-state index contributed by atoms with van der Waals surface area (Å²) in [6.45, 7) is 2.26. The lowest BCUT2D eigenvalue weighted by molar-refractivity contribution is 0.0692. The average molecular weight is 391 g/mol. The Bertz CT molecular complexity index is 862. The van der Waals surface area contributed by atoms with Gasteiger partial charge in [-0.15, -0.1) is 0 Å². The summed E-state index contributed by atoms with van der Waals surface area (Å²) in [7, 11) is -7.08. The molecule has 1 atom stereocenters. The third-order valence-electron chi connectivity index (χ3n) is 3.91. The summed E-state index contributed by atoms with van der Waals surface area (Å²) in [5.74, 6) is -1.50. The standard InChI is InChI=1S/C15H21NO7S2/c1-3-23-14-5-4-12(8-13(14)15(17)18)25(21,22)16-7-6-11(9-16)10-24(2,19)20/h4-5,8,11H,3,6-7,9-10H2,1-2H3,(H,17,18). The number of ether oxygens (including phenoxy) is 1. The molecule has 0 radical (unpaired) electrons. The van der Waals surface area contributed by atoms with E-state index in [0.29, 0.717) is 6.42 Å². The van der Waals surface area contributed by atoms with Crippen molar-refractivity contribution in [1.29, 1.82) is 0 Å². The Morgan fingerprint density at radius 1 is 1.32 bits per heavy atom. The zero-order valence-electron chi connectivity index (χ0n) is 14.0. The van der Waals surface area contributed by atoms with Crippen LogP contribution in [0.2, 0.25) is 0 Å². The van der Waals surface area contributed by atoms with E-state index in [1.54, 1.807) is 6.92 Å². The molecule has 25 heavy (non-hydrogen) atoms. The number of rotatable bonds is 7. The normalized spacial score (nSPS) is 19.0. The van der Waals surface area contributed by atoms with Gasteiger partial charge in [0.2, 0.25) is 10.0 Å². The molecule has 1 aromatic rings. The number of carboxylic acids is 1. The van der Waals surface area contributed by atoms with Crippen LogP contribution in [-0.4, -0.2) is 63.9 Å². The quantitative estimate of drug-likeness (QED) is 0.731. The van der Waals surface area contributed by atoms with E-state index < -0.39 is 25.8 Å². The second kappa shape index (κ2) is 7.30. The van der Waals surface area contributed by atoms with Crippen molar-refractivity contribution in [2.75, 3.05) is 31.7 Å². The lowest BCUT2D eigenvalue weighted by atomic mass is 10.2. The minimum Gasteiger partial charge on any atom is -0.493 e. The maximum atomic E-state index is 12.7. The molecular weight excluding hydrogens is 370 g/mol. The highest BCUT2D eigenvalue weighted by molar-refractivity contribution is 7.90. The number of hydrogen-bond acceptors (Lipinski definition) is 6. The number of nitrogens with zero attached hydrogens (tertiary/aromatic N) is 1. The summed E-state index contributed by atoms with van der Waals surface area (Å²) in [6, 6.07) is 3.70. The molecule has 1 heterocycles. The molecule has 10 heteroatoms. The first-order valence-electron chi connectivity index (χ1n) is 7.72. The Kier molecular flexibility index (Phi) is 5.75. The number of sulfonamides is 1. The molecule has 1 aliphatic heterocycles. The molecule has 0 aromatic heterocycles. The fourth-order valence-corrected chi connectivity index (χ4v) is 5.53. The molecule has 1 aliphatic rings. The van der Waals surface area contributed by atoms with Crippen LogP contribution in [0.3, 0.4) is 0 Å². The van der Waals surface area contributed by atoms with Gasteiger partial charge in [-0.1, -0.05) is 0 Å². The average Bonchev–Trinajstić information content (AvgIpc) is 2.94. The molecule has 1 saturated heterocycles. The number of benzene rings is 1. The van der Waals surface area contributed by atoms with Gasteiger partial charge in [0.05, 0.1) is 17.3 Å². The van der Waals surface area contributed by atoms with Gasteiger partial charge in [-0.05, 0) is 37.5 Å². The first kappa shape index (κ1) is 19.7. The van der Waals surface area contributed by atoms with Crippen molar-refractivity contribution < 1.29 is 31.5 Å². The number of carbonyl (C=O) groups is 1. The lowest BCUT2D eigenvalue weighted by Crippen LogP contribution is -2.30. The lowest BCUT2D eigenvalue weighted by Gasteiger charge is -2.17. The Hall–Kier alpha value is -1.65. The van der Waals surface area contributed by atoms with Gasteiger partial charge < -0.3 is 9.84 Å². The Labute approximate surface area is 147 Å². The molecule has 2 rings (SSSR count). The van der Waals surface area contributed by atoms with Crippen LogP contribution < -0.4 is 4.74 Å². The van der Waals surface area contributed by atoms with Crippen LogP contribution in [0.25, 0.3) is 0 Å². The maximum absolute atomic E-state index is 12.7. The molecular formula is C15H21NO7S2. The van der Waals surface area contributed by atoms with E-state index in [9.17, 15) is 26.7 Å². The molecule has 0 bridgehead atoms. The first-order valence-corrected chi connectivity index (χ1v) is 11.2. The Morgan fingerprint density at radius 3 is 2.56 bits per heavy atom. The van der Waals surface area contributed by atoms with Crippen molar-refractivity contribution >= 4 is 25.8 Å². The highest BCUT2D eigenvalue weighted by atomic mass is 32.2. The van der Waals surface area contributed by atoms with E-state index in [0.717, 1.165) is 12.3 Å². The van der Waals surface area contributed by atoms with Gasteiger partial charge in [-0.2, -0.15) is 4.31 Å². The molecule has 1 N–H and O–H groups in total.